The van der Waals surface area contributed by atoms with E-state index in [1.165, 1.54) is 0 Å². The Bertz CT molecular complexity index is 314. The Kier molecular flexibility index (Phi) is 2.64. The van der Waals surface area contributed by atoms with Crippen LogP contribution in [-0.4, -0.2) is 6.21 Å². The predicted molar refractivity (Wildman–Crippen MR) is 54.8 cm³/mol. The van der Waals surface area contributed by atoms with Crippen LogP contribution in [0.3, 0.4) is 0 Å². The number of aliphatic imine (C=N–C) groups is 1. The first-order valence-corrected chi connectivity index (χ1v) is 3.78. The number of hydrogen-bond acceptors (Lipinski definition) is 2. The topological polar surface area (TPSA) is 38.4 Å². The van der Waals surface area contributed by atoms with Crippen molar-refractivity contribution in [1.82, 2.24) is 0 Å². The van der Waals surface area contributed by atoms with E-state index in [9.17, 15) is 0 Å². The largest absolute Gasteiger partial charge is 0.399 e. The van der Waals surface area contributed by atoms with E-state index >= 15 is 0 Å². The van der Waals surface area contributed by atoms with E-state index in [0.29, 0.717) is 0 Å². The second-order valence-corrected chi connectivity index (χ2v) is 2.41. The molecule has 0 amide bonds. The number of nitrogen functional groups attached to an aromatic ring is 1. The smallest absolute Gasteiger partial charge is 0.0699 e. The summed E-state index contributed by atoms with van der Waals surface area (Å²) in [6, 6.07) is 5.57. The summed E-state index contributed by atoms with van der Waals surface area (Å²) < 4.78 is 0. The molecule has 0 aromatic heterocycles. The maximum Gasteiger partial charge on any atom is 0.0699 e. The second-order valence-electron chi connectivity index (χ2n) is 2.41. The molecule has 2 nitrogen and oxygen atoms in total. The summed E-state index contributed by atoms with van der Waals surface area (Å²) >= 11 is 0. The number of nitrogens with two attached hydrogens (primary N) is 1. The molecule has 0 saturated carbocycles. The van der Waals surface area contributed by atoms with Crippen molar-refractivity contribution in [2.24, 2.45) is 4.99 Å². The van der Waals surface area contributed by atoms with E-state index in [-0.39, 0.29) is 0 Å². The van der Waals surface area contributed by atoms with Crippen molar-refractivity contribution in [1.29, 1.82) is 0 Å². The first-order valence-electron chi connectivity index (χ1n) is 3.78. The summed E-state index contributed by atoms with van der Waals surface area (Å²) in [7, 11) is 0. The van der Waals surface area contributed by atoms with Gasteiger partial charge in [0.15, 0.2) is 0 Å². The molecular weight excluding hydrogens is 148 g/mol. The Morgan fingerprint density at radius 1 is 1.50 bits per heavy atom. The van der Waals surface area contributed by atoms with Crippen LogP contribution in [0.15, 0.2) is 29.8 Å². The molecule has 0 heterocycles. The van der Waals surface area contributed by atoms with E-state index in [1.54, 1.807) is 12.3 Å². The van der Waals surface area contributed by atoms with E-state index in [2.05, 4.69) is 11.6 Å². The van der Waals surface area contributed by atoms with Crippen molar-refractivity contribution >= 4 is 23.7 Å². The molecule has 62 valence electrons. The van der Waals surface area contributed by atoms with Crippen LogP contribution in [0, 0.1) is 0 Å². The zero-order valence-corrected chi connectivity index (χ0v) is 7.12. The standard InChI is InChI=1S/C10H12N2/c1-3-8-7-9(11)5-6-10(8)12-4-2/h3-7H,1,11H2,2H3. The third-order valence-electron chi connectivity index (χ3n) is 1.54. The number of rotatable bonds is 2. The lowest BCUT2D eigenvalue weighted by Crippen LogP contribution is -1.84. The minimum absolute atomic E-state index is 0.736. The van der Waals surface area contributed by atoms with E-state index in [4.69, 9.17) is 5.73 Å². The normalized spacial score (nSPS) is 10.4. The van der Waals surface area contributed by atoms with Crippen molar-refractivity contribution in [2.75, 3.05) is 5.73 Å². The molecule has 0 atom stereocenters. The highest BCUT2D eigenvalue weighted by molar-refractivity contribution is 5.71. The van der Waals surface area contributed by atoms with Gasteiger partial charge < -0.3 is 5.73 Å². The van der Waals surface area contributed by atoms with Gasteiger partial charge in [-0.05, 0) is 25.1 Å². The quantitative estimate of drug-likeness (QED) is 0.524. The van der Waals surface area contributed by atoms with Crippen LogP contribution in [-0.2, 0) is 0 Å². The Hall–Kier alpha value is -1.57. The van der Waals surface area contributed by atoms with Crippen LogP contribution in [0.2, 0.25) is 0 Å². The van der Waals surface area contributed by atoms with Crippen LogP contribution in [0.4, 0.5) is 11.4 Å². The highest BCUT2D eigenvalue weighted by Gasteiger charge is 1.95. The highest BCUT2D eigenvalue weighted by Crippen LogP contribution is 2.22. The monoisotopic (exact) mass is 160 g/mol. The molecule has 1 aromatic rings. The van der Waals surface area contributed by atoms with Crippen molar-refractivity contribution in [3.05, 3.63) is 30.3 Å². The first-order chi connectivity index (χ1) is 5.77. The lowest BCUT2D eigenvalue weighted by molar-refractivity contribution is 1.50. The van der Waals surface area contributed by atoms with Crippen LogP contribution in [0.25, 0.3) is 6.08 Å². The molecule has 2 heteroatoms. The van der Waals surface area contributed by atoms with E-state index in [0.717, 1.165) is 16.9 Å². The molecule has 0 aliphatic rings. The Labute approximate surface area is 72.4 Å². The van der Waals surface area contributed by atoms with Gasteiger partial charge >= 0.3 is 0 Å². The molecule has 0 aliphatic heterocycles. The van der Waals surface area contributed by atoms with Gasteiger partial charge in [0.05, 0.1) is 5.69 Å². The van der Waals surface area contributed by atoms with Gasteiger partial charge in [-0.25, -0.2) is 0 Å². The van der Waals surface area contributed by atoms with Gasteiger partial charge in [-0.3, -0.25) is 4.99 Å². The third-order valence-corrected chi connectivity index (χ3v) is 1.54. The zero-order chi connectivity index (χ0) is 8.97. The number of hydrogen-bond donors (Lipinski definition) is 1. The zero-order valence-electron chi connectivity index (χ0n) is 7.12. The maximum absolute atomic E-state index is 5.60. The van der Waals surface area contributed by atoms with Crippen molar-refractivity contribution in [2.45, 2.75) is 6.92 Å². The van der Waals surface area contributed by atoms with Gasteiger partial charge in [-0.2, -0.15) is 0 Å². The van der Waals surface area contributed by atoms with Gasteiger partial charge in [0, 0.05) is 17.5 Å². The summed E-state index contributed by atoms with van der Waals surface area (Å²) in [5, 5.41) is 0. The van der Waals surface area contributed by atoms with Gasteiger partial charge in [0.2, 0.25) is 0 Å². The Morgan fingerprint density at radius 2 is 2.25 bits per heavy atom. The predicted octanol–water partition coefficient (Wildman–Crippen LogP) is 2.63. The first kappa shape index (κ1) is 8.53. The second kappa shape index (κ2) is 3.72. The van der Waals surface area contributed by atoms with Gasteiger partial charge in [0.25, 0.3) is 0 Å². The molecule has 12 heavy (non-hydrogen) atoms. The molecule has 0 bridgehead atoms. The van der Waals surface area contributed by atoms with Gasteiger partial charge in [-0.15, -0.1) is 0 Å². The van der Waals surface area contributed by atoms with Crippen molar-refractivity contribution < 1.29 is 0 Å². The lowest BCUT2D eigenvalue weighted by atomic mass is 10.1. The van der Waals surface area contributed by atoms with E-state index < -0.39 is 0 Å². The summed E-state index contributed by atoms with van der Waals surface area (Å²) in [4.78, 5) is 4.17. The molecule has 0 radical (unpaired) electrons. The average Bonchev–Trinajstić information content (AvgIpc) is 2.08. The molecule has 1 rings (SSSR count). The summed E-state index contributed by atoms with van der Waals surface area (Å²) in [5.41, 5.74) is 8.21. The minimum atomic E-state index is 0.736. The Morgan fingerprint density at radius 3 is 2.83 bits per heavy atom. The molecule has 2 N–H and O–H groups in total. The fourth-order valence-electron chi connectivity index (χ4n) is 0.993. The SMILES string of the molecule is C=Cc1cc(N)ccc1N=CC. The average molecular weight is 160 g/mol. The lowest BCUT2D eigenvalue weighted by Gasteiger charge is -2.00. The van der Waals surface area contributed by atoms with Crippen LogP contribution in [0.5, 0.6) is 0 Å². The number of anilines is 1. The molecule has 0 spiro atoms. The van der Waals surface area contributed by atoms with Gasteiger partial charge in [0.1, 0.15) is 0 Å². The third kappa shape index (κ3) is 1.72. The van der Waals surface area contributed by atoms with E-state index in [1.807, 2.05) is 25.1 Å². The fraction of sp³-hybridized carbons (Fsp3) is 0.100. The summed E-state index contributed by atoms with van der Waals surface area (Å²) in [5.74, 6) is 0. The number of benzene rings is 1. The van der Waals surface area contributed by atoms with Gasteiger partial charge in [-0.1, -0.05) is 12.7 Å². The molecule has 0 fully saturated rings. The molecule has 1 aromatic carbocycles. The maximum atomic E-state index is 5.60. The number of nitrogens with zero attached hydrogens (tertiary/aromatic N) is 1. The summed E-state index contributed by atoms with van der Waals surface area (Å²) in [6.45, 7) is 5.56. The van der Waals surface area contributed by atoms with Crippen molar-refractivity contribution in [3.8, 4) is 0 Å². The molecule has 0 saturated heterocycles. The van der Waals surface area contributed by atoms with Crippen LogP contribution in [0.1, 0.15) is 12.5 Å². The van der Waals surface area contributed by atoms with Crippen molar-refractivity contribution in [3.63, 3.8) is 0 Å². The van der Waals surface area contributed by atoms with Crippen LogP contribution >= 0.6 is 0 Å². The highest BCUT2D eigenvalue weighted by atomic mass is 14.7. The molecular formula is C10H12N2. The molecule has 0 aliphatic carbocycles. The minimum Gasteiger partial charge on any atom is -0.399 e. The fourth-order valence-corrected chi connectivity index (χ4v) is 0.993. The van der Waals surface area contributed by atoms with Crippen LogP contribution < -0.4 is 5.73 Å². The molecule has 0 unspecified atom stereocenters. The summed E-state index contributed by atoms with van der Waals surface area (Å²) in [6.07, 6.45) is 3.50. The Balaban J connectivity index is 3.19.